The third-order valence-corrected chi connectivity index (χ3v) is 6.65. The van der Waals surface area contributed by atoms with E-state index in [4.69, 9.17) is 4.74 Å². The number of carbonyl (C=O) groups excluding carboxylic acids is 2. The Morgan fingerprint density at radius 1 is 1.03 bits per heavy atom. The lowest BCUT2D eigenvalue weighted by molar-refractivity contribution is -0.129. The fourth-order valence-electron chi connectivity index (χ4n) is 4.65. The van der Waals surface area contributed by atoms with Gasteiger partial charge in [0.15, 0.2) is 0 Å². The highest BCUT2D eigenvalue weighted by Crippen LogP contribution is 2.36. The molecule has 1 fully saturated rings. The summed E-state index contributed by atoms with van der Waals surface area (Å²) in [4.78, 5) is 29.7. The van der Waals surface area contributed by atoms with Crippen molar-refractivity contribution in [2.45, 2.75) is 37.8 Å². The van der Waals surface area contributed by atoms with Crippen LogP contribution in [0.1, 0.15) is 42.0 Å². The summed E-state index contributed by atoms with van der Waals surface area (Å²) in [5, 5.41) is 0. The molecule has 0 radical (unpaired) electrons. The lowest BCUT2D eigenvalue weighted by Crippen LogP contribution is -2.37. The topological polar surface area (TPSA) is 49.9 Å². The van der Waals surface area contributed by atoms with Crippen molar-refractivity contribution < 1.29 is 18.7 Å². The number of ether oxygens (including phenoxy) is 1. The zero-order chi connectivity index (χ0) is 24.2. The van der Waals surface area contributed by atoms with Gasteiger partial charge in [0.2, 0.25) is 5.91 Å². The molecule has 176 valence electrons. The lowest BCUT2D eigenvalue weighted by Gasteiger charge is -2.26. The van der Waals surface area contributed by atoms with Crippen LogP contribution < -0.4 is 4.74 Å². The molecule has 0 saturated carbocycles. The van der Waals surface area contributed by atoms with E-state index in [-0.39, 0.29) is 42.2 Å². The second kappa shape index (κ2) is 10.1. The number of hydrogen-bond acceptors (Lipinski definition) is 3. The molecule has 0 N–H and O–H groups in total. The Hall–Kier alpha value is -3.67. The fourth-order valence-corrected chi connectivity index (χ4v) is 4.65. The van der Waals surface area contributed by atoms with Crippen molar-refractivity contribution in [3.8, 4) is 5.75 Å². The van der Waals surface area contributed by atoms with E-state index >= 15 is 0 Å². The van der Waals surface area contributed by atoms with E-state index in [0.29, 0.717) is 6.42 Å². The van der Waals surface area contributed by atoms with Crippen LogP contribution >= 0.6 is 0 Å². The number of urea groups is 1. The summed E-state index contributed by atoms with van der Waals surface area (Å²) < 4.78 is 19.3. The van der Waals surface area contributed by atoms with E-state index in [1.54, 1.807) is 25.1 Å². The zero-order valence-electron chi connectivity index (χ0n) is 19.6. The minimum Gasteiger partial charge on any atom is -0.497 e. The van der Waals surface area contributed by atoms with Crippen LogP contribution in [-0.4, -0.2) is 41.9 Å². The third kappa shape index (κ3) is 4.81. The summed E-state index contributed by atoms with van der Waals surface area (Å²) in [5.74, 6) is -0.162. The number of benzene rings is 3. The first-order valence-electron chi connectivity index (χ1n) is 11.4. The zero-order valence-corrected chi connectivity index (χ0v) is 19.6. The van der Waals surface area contributed by atoms with Gasteiger partial charge in [-0.2, -0.15) is 0 Å². The average Bonchev–Trinajstić information content (AvgIpc) is 3.08. The van der Waals surface area contributed by atoms with Gasteiger partial charge in [0.25, 0.3) is 0 Å². The molecule has 34 heavy (non-hydrogen) atoms. The molecule has 0 aromatic heterocycles. The lowest BCUT2D eigenvalue weighted by atomic mass is 9.88. The van der Waals surface area contributed by atoms with Gasteiger partial charge in [-0.15, -0.1) is 0 Å². The monoisotopic (exact) mass is 460 g/mol. The third-order valence-electron chi connectivity index (χ3n) is 6.65. The molecular formula is C28H29FN2O3. The molecule has 0 spiro atoms. The Balaban J connectivity index is 1.64. The van der Waals surface area contributed by atoms with Crippen molar-refractivity contribution in [3.63, 3.8) is 0 Å². The van der Waals surface area contributed by atoms with Crippen molar-refractivity contribution in [3.05, 3.63) is 101 Å². The average molecular weight is 461 g/mol. The first kappa shape index (κ1) is 23.5. The first-order chi connectivity index (χ1) is 16.4. The Bertz CT molecular complexity index is 1150. The summed E-state index contributed by atoms with van der Waals surface area (Å²) in [6.07, 6.45) is 0.619. The summed E-state index contributed by atoms with van der Waals surface area (Å²) in [6.45, 7) is 1.95. The highest BCUT2D eigenvalue weighted by Gasteiger charge is 2.45. The maximum absolute atomic E-state index is 14.1. The van der Waals surface area contributed by atoms with E-state index in [1.807, 2.05) is 67.6 Å². The van der Waals surface area contributed by atoms with Crippen molar-refractivity contribution in [1.29, 1.82) is 0 Å². The van der Waals surface area contributed by atoms with Crippen LogP contribution in [0.15, 0.2) is 78.9 Å². The fraction of sp³-hybridized carbons (Fsp3) is 0.286. The Morgan fingerprint density at radius 3 is 2.38 bits per heavy atom. The highest BCUT2D eigenvalue weighted by atomic mass is 19.1. The normalized spacial score (nSPS) is 18.8. The second-order valence-corrected chi connectivity index (χ2v) is 8.76. The predicted octanol–water partition coefficient (Wildman–Crippen LogP) is 5.57. The number of rotatable bonds is 7. The maximum atomic E-state index is 14.1. The number of carbonyl (C=O) groups is 2. The van der Waals surface area contributed by atoms with Gasteiger partial charge < -0.3 is 9.64 Å². The van der Waals surface area contributed by atoms with Crippen LogP contribution in [0.4, 0.5) is 9.18 Å². The molecule has 3 amide bonds. The molecule has 3 aromatic rings. The number of nitrogens with zero attached hydrogens (tertiary/aromatic N) is 2. The molecule has 1 unspecified atom stereocenters. The van der Waals surface area contributed by atoms with Gasteiger partial charge in [0, 0.05) is 13.5 Å². The van der Waals surface area contributed by atoms with Crippen LogP contribution in [0.2, 0.25) is 0 Å². The molecule has 5 nitrogen and oxygen atoms in total. The van der Waals surface area contributed by atoms with Gasteiger partial charge in [-0.25, -0.2) is 9.18 Å². The van der Waals surface area contributed by atoms with Gasteiger partial charge in [-0.3, -0.25) is 9.69 Å². The highest BCUT2D eigenvalue weighted by molar-refractivity contribution is 5.97. The molecule has 0 aliphatic carbocycles. The number of imide groups is 1. The molecule has 4 rings (SSSR count). The molecule has 6 heteroatoms. The van der Waals surface area contributed by atoms with Gasteiger partial charge in [0.1, 0.15) is 11.6 Å². The largest absolute Gasteiger partial charge is 0.497 e. The van der Waals surface area contributed by atoms with Crippen LogP contribution in [0.5, 0.6) is 5.75 Å². The van der Waals surface area contributed by atoms with E-state index in [1.165, 1.54) is 17.0 Å². The van der Waals surface area contributed by atoms with Crippen molar-refractivity contribution in [2.24, 2.45) is 0 Å². The second-order valence-electron chi connectivity index (χ2n) is 8.76. The number of likely N-dealkylation sites (N-methyl/N-ethyl adjacent to an activating group) is 1. The van der Waals surface area contributed by atoms with Crippen molar-refractivity contribution in [2.75, 3.05) is 14.2 Å². The Labute approximate surface area is 199 Å². The van der Waals surface area contributed by atoms with Gasteiger partial charge in [-0.05, 0) is 60.2 Å². The number of amides is 3. The summed E-state index contributed by atoms with van der Waals surface area (Å²) in [5.41, 5.74) is 2.65. The molecule has 1 heterocycles. The van der Waals surface area contributed by atoms with Crippen molar-refractivity contribution in [1.82, 2.24) is 9.80 Å². The predicted molar refractivity (Wildman–Crippen MR) is 129 cm³/mol. The molecule has 0 bridgehead atoms. The molecular weight excluding hydrogens is 431 g/mol. The number of methoxy groups -OCH3 is 1. The Kier molecular flexibility index (Phi) is 6.96. The smallest absolute Gasteiger partial charge is 0.327 e. The molecule has 3 aromatic carbocycles. The van der Waals surface area contributed by atoms with E-state index in [0.717, 1.165) is 22.4 Å². The molecule has 1 aliphatic heterocycles. The maximum Gasteiger partial charge on any atom is 0.327 e. The van der Waals surface area contributed by atoms with Crippen molar-refractivity contribution >= 4 is 11.9 Å². The standard InChI is InChI=1S/C28H29FN2O3/c1-19-27(21-8-5-4-6-9-21)31(28(33)30(19)2)26(32)18-23(22-10-7-11-24(29)17-22)16-20-12-14-25(34-3)15-13-20/h4-15,17,19,23,27H,16,18H2,1-3H3/t19-,23-,27?/m0/s1. The van der Waals surface area contributed by atoms with Gasteiger partial charge >= 0.3 is 6.03 Å². The van der Waals surface area contributed by atoms with Crippen LogP contribution in [0.3, 0.4) is 0 Å². The quantitative estimate of drug-likeness (QED) is 0.463. The number of hydrogen-bond donors (Lipinski definition) is 0. The molecule has 1 saturated heterocycles. The summed E-state index contributed by atoms with van der Waals surface area (Å²) >= 11 is 0. The van der Waals surface area contributed by atoms with Crippen LogP contribution in [-0.2, 0) is 11.2 Å². The SMILES string of the molecule is COc1ccc(C[C@@H](CC(=O)N2C(=O)N(C)[C@@H](C)C2c2ccccc2)c2cccc(F)c2)cc1. The van der Waals surface area contributed by atoms with E-state index < -0.39 is 0 Å². The molecule has 1 aliphatic rings. The van der Waals surface area contributed by atoms with Crippen LogP contribution in [0, 0.1) is 5.82 Å². The van der Waals surface area contributed by atoms with Gasteiger partial charge in [-0.1, -0.05) is 54.6 Å². The first-order valence-corrected chi connectivity index (χ1v) is 11.4. The minimum atomic E-state index is -0.375. The van der Waals surface area contributed by atoms with Gasteiger partial charge in [0.05, 0.1) is 19.2 Å². The van der Waals surface area contributed by atoms with E-state index in [9.17, 15) is 14.0 Å². The Morgan fingerprint density at radius 2 is 1.74 bits per heavy atom. The van der Waals surface area contributed by atoms with E-state index in [2.05, 4.69) is 0 Å². The minimum absolute atomic E-state index is 0.0884. The van der Waals surface area contributed by atoms with Crippen LogP contribution in [0.25, 0.3) is 0 Å². The summed E-state index contributed by atoms with van der Waals surface area (Å²) in [7, 11) is 3.33. The molecule has 3 atom stereocenters. The summed E-state index contributed by atoms with van der Waals surface area (Å²) in [6, 6.07) is 22.7. The number of halogens is 1.